The van der Waals surface area contributed by atoms with Crippen molar-refractivity contribution in [2.45, 2.75) is 69.8 Å². The van der Waals surface area contributed by atoms with Crippen molar-refractivity contribution in [3.63, 3.8) is 0 Å². The van der Waals surface area contributed by atoms with E-state index in [1.54, 1.807) is 18.5 Å². The molecule has 0 spiro atoms. The zero-order valence-electron chi connectivity index (χ0n) is 21.9. The molecule has 0 bridgehead atoms. The molecule has 1 aromatic carbocycles. The van der Waals surface area contributed by atoms with E-state index in [0.29, 0.717) is 30.4 Å². The first-order valence-corrected chi connectivity index (χ1v) is 14.0. The van der Waals surface area contributed by atoms with Gasteiger partial charge in [0.05, 0.1) is 19.0 Å². The molecule has 4 aromatic rings. The van der Waals surface area contributed by atoms with Gasteiger partial charge in [0, 0.05) is 55.2 Å². The molecule has 206 valence electrons. The number of rotatable bonds is 6. The molecule has 5 heterocycles. The number of halogens is 3. The van der Waals surface area contributed by atoms with E-state index in [0.717, 1.165) is 42.0 Å². The summed E-state index contributed by atoms with van der Waals surface area (Å²) in [5.41, 5.74) is 2.54. The molecule has 3 aromatic heterocycles. The fraction of sp³-hybridized carbons (Fsp3) is 0.556. The van der Waals surface area contributed by atoms with Gasteiger partial charge in [-0.25, -0.2) is 18.2 Å². The first-order valence-electron chi connectivity index (χ1n) is 13.6. The van der Waals surface area contributed by atoms with Gasteiger partial charge < -0.3 is 14.2 Å². The van der Waals surface area contributed by atoms with Crippen molar-refractivity contribution in [2.75, 3.05) is 24.6 Å². The summed E-state index contributed by atoms with van der Waals surface area (Å²) >= 11 is 6.12. The third-order valence-corrected chi connectivity index (χ3v) is 8.79. The molecule has 39 heavy (non-hydrogen) atoms. The fourth-order valence-electron chi connectivity index (χ4n) is 6.46. The van der Waals surface area contributed by atoms with Gasteiger partial charge in [-0.15, -0.1) is 10.2 Å². The molecule has 0 amide bonds. The van der Waals surface area contributed by atoms with Crippen molar-refractivity contribution >= 4 is 34.4 Å². The largest absolute Gasteiger partial charge is 0.376 e. The normalized spacial score (nSPS) is 28.0. The highest BCUT2D eigenvalue weighted by atomic mass is 35.5. The van der Waals surface area contributed by atoms with Crippen LogP contribution in [0.4, 0.5) is 14.6 Å². The van der Waals surface area contributed by atoms with Crippen LogP contribution in [0.3, 0.4) is 0 Å². The molecule has 1 aliphatic carbocycles. The lowest BCUT2D eigenvalue weighted by Gasteiger charge is -2.48. The number of piperazine rings is 1. The Hall–Kier alpha value is -2.89. The molecule has 3 aliphatic rings. The second-order valence-corrected chi connectivity index (χ2v) is 11.7. The van der Waals surface area contributed by atoms with Gasteiger partial charge in [0.25, 0.3) is 11.7 Å². The molecule has 2 saturated heterocycles. The summed E-state index contributed by atoms with van der Waals surface area (Å²) in [5, 5.41) is 8.97. The zero-order chi connectivity index (χ0) is 26.9. The number of fused-ring (bicyclic) bond motifs is 3. The molecular weight excluding hydrogens is 526 g/mol. The lowest BCUT2D eigenvalue weighted by Crippen LogP contribution is -2.58. The Morgan fingerprint density at radius 1 is 1.13 bits per heavy atom. The SMILES string of the molecule is C[C@@H]1CN(c2nc3nncn3c3c2ncn3C[C@@H]2CCCO2)[C@@H](C)CN1C(c1ccc(Cl)cc1)[C@H]1CC1(F)F. The highest BCUT2D eigenvalue weighted by molar-refractivity contribution is 6.30. The molecule has 5 atom stereocenters. The second-order valence-electron chi connectivity index (χ2n) is 11.3. The summed E-state index contributed by atoms with van der Waals surface area (Å²) in [6.07, 6.45) is 5.66. The molecule has 1 saturated carbocycles. The maximum Gasteiger partial charge on any atom is 0.258 e. The maximum absolute atomic E-state index is 14.5. The smallest absolute Gasteiger partial charge is 0.258 e. The first kappa shape index (κ1) is 25.1. The number of nitrogens with zero attached hydrogens (tertiary/aromatic N) is 8. The topological polar surface area (TPSA) is 76.6 Å². The minimum absolute atomic E-state index is 0.00167. The predicted octanol–water partition coefficient (Wildman–Crippen LogP) is 4.60. The second kappa shape index (κ2) is 9.35. The van der Waals surface area contributed by atoms with Crippen LogP contribution in [0.1, 0.15) is 44.7 Å². The van der Waals surface area contributed by atoms with E-state index in [2.05, 4.69) is 38.4 Å². The van der Waals surface area contributed by atoms with Crippen LogP contribution in [-0.2, 0) is 11.3 Å². The summed E-state index contributed by atoms with van der Waals surface area (Å²) in [5.74, 6) is -2.10. The minimum Gasteiger partial charge on any atom is -0.376 e. The van der Waals surface area contributed by atoms with Gasteiger partial charge in [0.1, 0.15) is 11.8 Å². The molecular formula is C27H31ClF2N8O. The predicted molar refractivity (Wildman–Crippen MR) is 143 cm³/mol. The Kier molecular flexibility index (Phi) is 6.02. The van der Waals surface area contributed by atoms with Crippen molar-refractivity contribution in [3.8, 4) is 0 Å². The monoisotopic (exact) mass is 556 g/mol. The number of benzene rings is 1. The molecule has 2 aliphatic heterocycles. The van der Waals surface area contributed by atoms with Crippen LogP contribution in [0.5, 0.6) is 0 Å². The molecule has 7 rings (SSSR count). The fourth-order valence-corrected chi connectivity index (χ4v) is 6.58. The third-order valence-electron chi connectivity index (χ3n) is 8.54. The van der Waals surface area contributed by atoms with E-state index in [4.69, 9.17) is 26.3 Å². The summed E-state index contributed by atoms with van der Waals surface area (Å²) in [7, 11) is 0. The molecule has 0 radical (unpaired) electrons. The summed E-state index contributed by atoms with van der Waals surface area (Å²) in [4.78, 5) is 14.2. The van der Waals surface area contributed by atoms with E-state index in [-0.39, 0.29) is 30.7 Å². The average molecular weight is 557 g/mol. The molecule has 3 fully saturated rings. The van der Waals surface area contributed by atoms with Crippen LogP contribution < -0.4 is 4.90 Å². The molecule has 9 nitrogen and oxygen atoms in total. The lowest BCUT2D eigenvalue weighted by molar-refractivity contribution is 0.0393. The Balaban J connectivity index is 1.23. The van der Waals surface area contributed by atoms with Crippen LogP contribution in [0.15, 0.2) is 36.9 Å². The Labute approximate surface area is 229 Å². The maximum atomic E-state index is 14.5. The number of imidazole rings is 1. The zero-order valence-corrected chi connectivity index (χ0v) is 22.7. The van der Waals surface area contributed by atoms with Gasteiger partial charge in [0.15, 0.2) is 11.5 Å². The Bertz CT molecular complexity index is 1500. The number of anilines is 1. The van der Waals surface area contributed by atoms with Crippen molar-refractivity contribution < 1.29 is 13.5 Å². The summed E-state index contributed by atoms with van der Waals surface area (Å²) < 4.78 is 38.8. The molecule has 12 heteroatoms. The molecule has 1 unspecified atom stereocenters. The van der Waals surface area contributed by atoms with Crippen LogP contribution >= 0.6 is 11.6 Å². The number of ether oxygens (including phenoxy) is 1. The van der Waals surface area contributed by atoms with E-state index >= 15 is 0 Å². The number of alkyl halides is 2. The molecule has 0 N–H and O–H groups in total. The average Bonchev–Trinajstić information content (AvgIpc) is 3.43. The standard InChI is InChI=1S/C27H31ClF2N8O/c1-16-12-37(17(2)11-36(16)23(21-10-27(21,29)30)18-5-7-19(28)8-6-18)24-22-25(38-15-32-34-26(38)33-24)35(14-31-22)13-20-4-3-9-39-20/h5-8,14-17,20-21,23H,3-4,9-13H2,1-2H3/t16-,17+,20+,21-,23?/m1/s1. The van der Waals surface area contributed by atoms with Crippen molar-refractivity contribution in [1.29, 1.82) is 0 Å². The lowest BCUT2D eigenvalue weighted by atomic mass is 9.95. The van der Waals surface area contributed by atoms with Crippen LogP contribution in [0, 0.1) is 5.92 Å². The number of aromatic nitrogens is 6. The van der Waals surface area contributed by atoms with Gasteiger partial charge in [0.2, 0.25) is 0 Å². The van der Waals surface area contributed by atoms with Crippen molar-refractivity contribution in [2.24, 2.45) is 5.92 Å². The summed E-state index contributed by atoms with van der Waals surface area (Å²) in [6.45, 7) is 6.94. The van der Waals surface area contributed by atoms with Crippen molar-refractivity contribution in [1.82, 2.24) is 34.0 Å². The highest BCUT2D eigenvalue weighted by Gasteiger charge is 2.62. The van der Waals surface area contributed by atoms with Crippen LogP contribution in [-0.4, -0.2) is 77.8 Å². The number of hydrogen-bond acceptors (Lipinski definition) is 7. The first-order chi connectivity index (χ1) is 18.8. The number of hydrogen-bond donors (Lipinski definition) is 0. The van der Waals surface area contributed by atoms with E-state index < -0.39 is 11.8 Å². The van der Waals surface area contributed by atoms with Gasteiger partial charge in [-0.2, -0.15) is 4.98 Å². The van der Waals surface area contributed by atoms with E-state index in [9.17, 15) is 8.78 Å². The van der Waals surface area contributed by atoms with Crippen LogP contribution in [0.2, 0.25) is 5.02 Å². The quantitative estimate of drug-likeness (QED) is 0.343. The highest BCUT2D eigenvalue weighted by Crippen LogP contribution is 2.57. The van der Waals surface area contributed by atoms with Crippen molar-refractivity contribution in [3.05, 3.63) is 47.5 Å². The third kappa shape index (κ3) is 4.35. The summed E-state index contributed by atoms with van der Waals surface area (Å²) in [6, 6.07) is 6.97. The van der Waals surface area contributed by atoms with Gasteiger partial charge in [-0.3, -0.25) is 4.90 Å². The Morgan fingerprint density at radius 3 is 2.64 bits per heavy atom. The van der Waals surface area contributed by atoms with E-state index in [1.807, 2.05) is 22.9 Å². The van der Waals surface area contributed by atoms with Gasteiger partial charge in [-0.05, 0) is 44.4 Å². The Morgan fingerprint density at radius 2 is 1.92 bits per heavy atom. The van der Waals surface area contributed by atoms with Gasteiger partial charge in [-0.1, -0.05) is 23.7 Å². The van der Waals surface area contributed by atoms with E-state index in [1.165, 1.54) is 0 Å². The minimum atomic E-state index is -2.65. The van der Waals surface area contributed by atoms with Gasteiger partial charge >= 0.3 is 0 Å². The van der Waals surface area contributed by atoms with Crippen LogP contribution in [0.25, 0.3) is 16.9 Å².